The van der Waals surface area contributed by atoms with E-state index in [2.05, 4.69) is 31.2 Å². The van der Waals surface area contributed by atoms with Gasteiger partial charge in [-0.05, 0) is 37.0 Å². The van der Waals surface area contributed by atoms with Gasteiger partial charge in [-0.15, -0.1) is 0 Å². The van der Waals surface area contributed by atoms with Gasteiger partial charge in [0.15, 0.2) is 5.44 Å². The van der Waals surface area contributed by atoms with Crippen molar-refractivity contribution in [2.45, 2.75) is 50.2 Å². The summed E-state index contributed by atoms with van der Waals surface area (Å²) < 4.78 is 5.24. The summed E-state index contributed by atoms with van der Waals surface area (Å²) in [5.74, 6) is -0.113. The molecule has 1 fully saturated rings. The largest absolute Gasteiger partial charge is 0.446 e. The molecule has 1 saturated heterocycles. The Balaban J connectivity index is 1.92. The minimum atomic E-state index is -0.138. The molecule has 3 heteroatoms. The number of carbonyl (C=O) groups is 1. The second-order valence-electron chi connectivity index (χ2n) is 5.14. The molecule has 0 bridgehead atoms. The standard InChI is InChI=1S/C17H22O2S/c1-3-4-5-7-14-8-6-9-15(12-14)10-11-16-19-17(18)13(2)20-16/h6,8-13,16H,3-5,7H2,1-2H3. The van der Waals surface area contributed by atoms with E-state index in [9.17, 15) is 4.79 Å². The molecule has 0 aromatic heterocycles. The smallest absolute Gasteiger partial charge is 0.320 e. The summed E-state index contributed by atoms with van der Waals surface area (Å²) in [4.78, 5) is 11.3. The number of cyclic esters (lactones) is 1. The number of hydrogen-bond donors (Lipinski definition) is 0. The van der Waals surface area contributed by atoms with E-state index < -0.39 is 0 Å². The number of rotatable bonds is 6. The lowest BCUT2D eigenvalue weighted by Crippen LogP contribution is -2.06. The maximum atomic E-state index is 11.3. The molecule has 2 unspecified atom stereocenters. The molecule has 2 atom stereocenters. The monoisotopic (exact) mass is 290 g/mol. The molecular weight excluding hydrogens is 268 g/mol. The molecule has 1 aliphatic heterocycles. The molecule has 1 aliphatic rings. The topological polar surface area (TPSA) is 26.3 Å². The number of carbonyl (C=O) groups excluding carboxylic acids is 1. The predicted molar refractivity (Wildman–Crippen MR) is 85.6 cm³/mol. The van der Waals surface area contributed by atoms with Gasteiger partial charge in [-0.1, -0.05) is 61.9 Å². The molecular formula is C17H22O2S. The van der Waals surface area contributed by atoms with Gasteiger partial charge in [-0.3, -0.25) is 4.79 Å². The van der Waals surface area contributed by atoms with E-state index >= 15 is 0 Å². The molecule has 108 valence electrons. The fraction of sp³-hybridized carbons (Fsp3) is 0.471. The van der Waals surface area contributed by atoms with Crippen molar-refractivity contribution in [2.24, 2.45) is 0 Å². The van der Waals surface area contributed by atoms with Gasteiger partial charge in [-0.2, -0.15) is 0 Å². The van der Waals surface area contributed by atoms with Crippen molar-refractivity contribution in [3.8, 4) is 0 Å². The summed E-state index contributed by atoms with van der Waals surface area (Å²) in [6.45, 7) is 4.11. The van der Waals surface area contributed by atoms with E-state index in [4.69, 9.17) is 4.74 Å². The Labute approximate surface area is 125 Å². The van der Waals surface area contributed by atoms with Gasteiger partial charge >= 0.3 is 5.97 Å². The fourth-order valence-electron chi connectivity index (χ4n) is 2.20. The van der Waals surface area contributed by atoms with Crippen LogP contribution in [0.5, 0.6) is 0 Å². The lowest BCUT2D eigenvalue weighted by atomic mass is 10.0. The zero-order valence-electron chi connectivity index (χ0n) is 12.2. The SMILES string of the molecule is CCCCCc1cccc(C=CC2OC(=O)C(C)S2)c1. The van der Waals surface area contributed by atoms with Crippen LogP contribution in [0.15, 0.2) is 30.3 Å². The number of hydrogen-bond acceptors (Lipinski definition) is 3. The van der Waals surface area contributed by atoms with Gasteiger partial charge in [0.25, 0.3) is 0 Å². The first-order chi connectivity index (χ1) is 9.69. The van der Waals surface area contributed by atoms with Crippen molar-refractivity contribution in [1.29, 1.82) is 0 Å². The average molecular weight is 290 g/mol. The fourth-order valence-corrected chi connectivity index (χ4v) is 3.09. The summed E-state index contributed by atoms with van der Waals surface area (Å²) in [5, 5.41) is -0.0509. The van der Waals surface area contributed by atoms with E-state index in [1.807, 2.05) is 19.1 Å². The highest BCUT2D eigenvalue weighted by molar-refractivity contribution is 8.01. The van der Waals surface area contributed by atoms with Crippen LogP contribution in [0.3, 0.4) is 0 Å². The Morgan fingerprint density at radius 3 is 2.90 bits per heavy atom. The minimum absolute atomic E-state index is 0.0509. The minimum Gasteiger partial charge on any atom is -0.446 e. The number of thioether (sulfide) groups is 1. The summed E-state index contributed by atoms with van der Waals surface area (Å²) in [6.07, 6.45) is 8.94. The maximum Gasteiger partial charge on any atom is 0.320 e. The summed E-state index contributed by atoms with van der Waals surface area (Å²) >= 11 is 1.56. The molecule has 1 aromatic carbocycles. The highest BCUT2D eigenvalue weighted by atomic mass is 32.2. The van der Waals surface area contributed by atoms with E-state index in [1.54, 1.807) is 11.8 Å². The van der Waals surface area contributed by atoms with Gasteiger partial charge in [0.05, 0.1) is 0 Å². The van der Waals surface area contributed by atoms with Crippen molar-refractivity contribution in [3.05, 3.63) is 41.5 Å². The number of benzene rings is 1. The normalized spacial score (nSPS) is 22.4. The highest BCUT2D eigenvalue weighted by Crippen LogP contribution is 2.29. The summed E-state index contributed by atoms with van der Waals surface area (Å²) in [7, 11) is 0. The number of esters is 1. The average Bonchev–Trinajstić information content (AvgIpc) is 2.76. The van der Waals surface area contributed by atoms with Gasteiger partial charge in [-0.25, -0.2) is 0 Å². The third-order valence-electron chi connectivity index (χ3n) is 3.37. The van der Waals surface area contributed by atoms with Crippen molar-refractivity contribution in [3.63, 3.8) is 0 Å². The van der Waals surface area contributed by atoms with Crippen LogP contribution < -0.4 is 0 Å². The van der Waals surface area contributed by atoms with Crippen molar-refractivity contribution >= 4 is 23.8 Å². The molecule has 2 nitrogen and oxygen atoms in total. The van der Waals surface area contributed by atoms with Crippen LogP contribution in [0.2, 0.25) is 0 Å². The van der Waals surface area contributed by atoms with Crippen molar-refractivity contribution < 1.29 is 9.53 Å². The molecule has 2 rings (SSSR count). The van der Waals surface area contributed by atoms with Crippen LogP contribution in [0, 0.1) is 0 Å². The van der Waals surface area contributed by atoms with Crippen molar-refractivity contribution in [2.75, 3.05) is 0 Å². The maximum absolute atomic E-state index is 11.3. The van der Waals surface area contributed by atoms with Crippen LogP contribution in [-0.2, 0) is 16.0 Å². The highest BCUT2D eigenvalue weighted by Gasteiger charge is 2.29. The van der Waals surface area contributed by atoms with E-state index in [0.717, 1.165) is 6.42 Å². The van der Waals surface area contributed by atoms with Crippen LogP contribution in [-0.4, -0.2) is 16.7 Å². The molecule has 0 radical (unpaired) electrons. The first-order valence-electron chi connectivity index (χ1n) is 7.32. The molecule has 0 aliphatic carbocycles. The summed E-state index contributed by atoms with van der Waals surface area (Å²) in [6, 6.07) is 8.58. The van der Waals surface area contributed by atoms with Gasteiger partial charge in [0.1, 0.15) is 5.25 Å². The second kappa shape index (κ2) is 7.53. The van der Waals surface area contributed by atoms with Crippen LogP contribution in [0.1, 0.15) is 44.2 Å². The Kier molecular flexibility index (Phi) is 5.72. The lowest BCUT2D eigenvalue weighted by molar-refractivity contribution is -0.140. The Morgan fingerprint density at radius 2 is 2.20 bits per heavy atom. The van der Waals surface area contributed by atoms with Crippen molar-refractivity contribution in [1.82, 2.24) is 0 Å². The van der Waals surface area contributed by atoms with Crippen LogP contribution >= 0.6 is 11.8 Å². The predicted octanol–water partition coefficient (Wildman–Crippen LogP) is 4.44. The Hall–Kier alpha value is -1.22. The van der Waals surface area contributed by atoms with Crippen LogP contribution in [0.25, 0.3) is 6.08 Å². The number of ether oxygens (including phenoxy) is 1. The lowest BCUT2D eigenvalue weighted by Gasteiger charge is -2.03. The van der Waals surface area contributed by atoms with E-state index in [-0.39, 0.29) is 16.7 Å². The third-order valence-corrected chi connectivity index (χ3v) is 4.49. The molecule has 0 spiro atoms. The first kappa shape index (κ1) is 15.2. The van der Waals surface area contributed by atoms with Crippen LogP contribution in [0.4, 0.5) is 0 Å². The summed E-state index contributed by atoms with van der Waals surface area (Å²) in [5.41, 5.74) is 2.42. The Morgan fingerprint density at radius 1 is 1.35 bits per heavy atom. The van der Waals surface area contributed by atoms with E-state index in [1.165, 1.54) is 30.4 Å². The van der Waals surface area contributed by atoms with E-state index in [0.29, 0.717) is 0 Å². The molecule has 0 amide bonds. The molecule has 1 heterocycles. The zero-order valence-corrected chi connectivity index (χ0v) is 13.0. The van der Waals surface area contributed by atoms with Gasteiger partial charge in [0, 0.05) is 0 Å². The number of aryl methyl sites for hydroxylation is 1. The first-order valence-corrected chi connectivity index (χ1v) is 8.26. The van der Waals surface area contributed by atoms with Gasteiger partial charge < -0.3 is 4.74 Å². The zero-order chi connectivity index (χ0) is 14.4. The second-order valence-corrected chi connectivity index (χ2v) is 6.59. The van der Waals surface area contributed by atoms with Gasteiger partial charge in [0.2, 0.25) is 0 Å². The molecule has 0 saturated carbocycles. The molecule has 0 N–H and O–H groups in total. The third kappa shape index (κ3) is 4.41. The molecule has 1 aromatic rings. The Bertz CT molecular complexity index is 482. The number of unbranched alkanes of at least 4 members (excludes halogenated alkanes) is 2. The quantitative estimate of drug-likeness (QED) is 0.572. The molecule has 20 heavy (non-hydrogen) atoms.